The van der Waals surface area contributed by atoms with Crippen LogP contribution in [0.2, 0.25) is 0 Å². The van der Waals surface area contributed by atoms with E-state index in [2.05, 4.69) is 26.6 Å². The van der Waals surface area contributed by atoms with Crippen LogP contribution in [0.3, 0.4) is 0 Å². The summed E-state index contributed by atoms with van der Waals surface area (Å²) in [6.45, 7) is 0. The first-order valence-corrected chi connectivity index (χ1v) is 9.50. The Balaban J connectivity index is 1.59. The molecule has 2 amide bonds. The lowest BCUT2D eigenvalue weighted by atomic mass is 10.1. The van der Waals surface area contributed by atoms with E-state index < -0.39 is 11.8 Å². The van der Waals surface area contributed by atoms with E-state index in [0.717, 1.165) is 10.8 Å². The van der Waals surface area contributed by atoms with Gasteiger partial charge in [-0.05, 0) is 63.1 Å². The minimum Gasteiger partial charge on any atom is -0.465 e. The summed E-state index contributed by atoms with van der Waals surface area (Å²) in [7, 11) is 0. The number of benzene rings is 2. The summed E-state index contributed by atoms with van der Waals surface area (Å²) < 4.78 is 10.9. The molecule has 0 radical (unpaired) electrons. The van der Waals surface area contributed by atoms with Gasteiger partial charge in [0, 0.05) is 11.8 Å². The second-order valence-electron chi connectivity index (χ2n) is 6.15. The third-order valence-corrected chi connectivity index (χ3v) is 4.55. The minimum absolute atomic E-state index is 0.0191. The zero-order valence-corrected chi connectivity index (χ0v) is 16.6. The molecule has 0 aliphatic carbocycles. The lowest BCUT2D eigenvalue weighted by Crippen LogP contribution is -2.30. The van der Waals surface area contributed by atoms with Gasteiger partial charge in [-0.25, -0.2) is 0 Å². The van der Waals surface area contributed by atoms with Crippen LogP contribution in [0.1, 0.15) is 16.3 Å². The van der Waals surface area contributed by atoms with Gasteiger partial charge in [0.15, 0.2) is 10.4 Å². The Kier molecular flexibility index (Phi) is 5.31. The molecular weight excluding hydrogens is 436 g/mol. The third kappa shape index (κ3) is 4.47. The highest BCUT2D eigenvalue weighted by Crippen LogP contribution is 2.20. The monoisotopic (exact) mass is 450 g/mol. The van der Waals surface area contributed by atoms with Crippen LogP contribution < -0.4 is 10.6 Å². The van der Waals surface area contributed by atoms with Crippen LogP contribution in [0, 0.1) is 0 Å². The van der Waals surface area contributed by atoms with Crippen molar-refractivity contribution in [1.82, 2.24) is 5.32 Å². The molecule has 0 saturated carbocycles. The smallest absolute Gasteiger partial charge is 0.291 e. The molecule has 0 bridgehead atoms. The molecule has 29 heavy (non-hydrogen) atoms. The van der Waals surface area contributed by atoms with Gasteiger partial charge in [0.2, 0.25) is 0 Å². The lowest BCUT2D eigenvalue weighted by Gasteiger charge is -2.10. The number of nitrogens with one attached hydrogen (secondary N) is 2. The first kappa shape index (κ1) is 18.8. The molecular formula is C22H15BrN2O4. The first-order valence-electron chi connectivity index (χ1n) is 8.70. The summed E-state index contributed by atoms with van der Waals surface area (Å²) in [5, 5.41) is 7.44. The fourth-order valence-electron chi connectivity index (χ4n) is 2.76. The van der Waals surface area contributed by atoms with Crippen molar-refractivity contribution in [3.05, 3.63) is 94.9 Å². The molecule has 7 heteroatoms. The van der Waals surface area contributed by atoms with Gasteiger partial charge in [-0.15, -0.1) is 0 Å². The van der Waals surface area contributed by atoms with Crippen molar-refractivity contribution in [3.63, 3.8) is 0 Å². The number of hydrogen-bond acceptors (Lipinski definition) is 4. The summed E-state index contributed by atoms with van der Waals surface area (Å²) in [5.74, 6) is -0.548. The molecule has 6 nitrogen and oxygen atoms in total. The van der Waals surface area contributed by atoms with Gasteiger partial charge in [-0.2, -0.15) is 0 Å². The van der Waals surface area contributed by atoms with Gasteiger partial charge in [0.25, 0.3) is 11.8 Å². The van der Waals surface area contributed by atoms with Gasteiger partial charge in [-0.3, -0.25) is 9.59 Å². The summed E-state index contributed by atoms with van der Waals surface area (Å²) >= 11 is 3.15. The van der Waals surface area contributed by atoms with Gasteiger partial charge in [0.1, 0.15) is 11.5 Å². The molecule has 4 rings (SSSR count). The number of carbonyl (C=O) groups excluding carboxylic acids is 2. The number of rotatable bonds is 5. The molecule has 2 N–H and O–H groups in total. The van der Waals surface area contributed by atoms with Crippen LogP contribution >= 0.6 is 15.9 Å². The number of carbonyl (C=O) groups is 2. The average molecular weight is 451 g/mol. The van der Waals surface area contributed by atoms with Crippen molar-refractivity contribution in [2.75, 3.05) is 5.32 Å². The van der Waals surface area contributed by atoms with Gasteiger partial charge < -0.3 is 19.5 Å². The highest BCUT2D eigenvalue weighted by molar-refractivity contribution is 9.10. The highest BCUT2D eigenvalue weighted by Gasteiger charge is 2.18. The average Bonchev–Trinajstić information content (AvgIpc) is 3.39. The van der Waals surface area contributed by atoms with Gasteiger partial charge >= 0.3 is 0 Å². The van der Waals surface area contributed by atoms with E-state index in [1.54, 1.807) is 24.3 Å². The van der Waals surface area contributed by atoms with Crippen molar-refractivity contribution in [2.24, 2.45) is 0 Å². The molecule has 2 aromatic heterocycles. The number of amides is 2. The zero-order chi connectivity index (χ0) is 20.2. The van der Waals surface area contributed by atoms with E-state index in [1.165, 1.54) is 18.4 Å². The summed E-state index contributed by atoms with van der Waals surface area (Å²) in [6, 6.07) is 19.9. The van der Waals surface area contributed by atoms with Crippen LogP contribution in [0.15, 0.2) is 92.2 Å². The maximum atomic E-state index is 12.9. The zero-order valence-electron chi connectivity index (χ0n) is 15.0. The van der Waals surface area contributed by atoms with Crippen LogP contribution in [0.25, 0.3) is 16.8 Å². The molecule has 2 aromatic carbocycles. The molecule has 0 unspecified atom stereocenters. The largest absolute Gasteiger partial charge is 0.465 e. The molecule has 2 heterocycles. The van der Waals surface area contributed by atoms with Crippen molar-refractivity contribution in [3.8, 4) is 0 Å². The molecule has 4 aromatic rings. The molecule has 0 aliphatic rings. The van der Waals surface area contributed by atoms with Crippen molar-refractivity contribution in [1.29, 1.82) is 0 Å². The molecule has 144 valence electrons. The summed E-state index contributed by atoms with van der Waals surface area (Å²) in [6.07, 6.45) is 2.93. The van der Waals surface area contributed by atoms with Gasteiger partial charge in [-0.1, -0.05) is 30.3 Å². The fourth-order valence-corrected chi connectivity index (χ4v) is 3.07. The quantitative estimate of drug-likeness (QED) is 0.409. The van der Waals surface area contributed by atoms with Crippen molar-refractivity contribution >= 4 is 50.3 Å². The Morgan fingerprint density at radius 3 is 2.48 bits per heavy atom. The first-order chi connectivity index (χ1) is 14.1. The van der Waals surface area contributed by atoms with Crippen LogP contribution in [0.5, 0.6) is 0 Å². The highest BCUT2D eigenvalue weighted by atomic mass is 79.9. The normalized spacial score (nSPS) is 11.4. The molecule has 0 atom stereocenters. The number of anilines is 1. The summed E-state index contributed by atoms with van der Waals surface area (Å²) in [4.78, 5) is 25.3. The predicted octanol–water partition coefficient (Wildman–Crippen LogP) is 5.20. The van der Waals surface area contributed by atoms with E-state index in [9.17, 15) is 9.59 Å². The maximum absolute atomic E-state index is 12.9. The maximum Gasteiger partial charge on any atom is 0.291 e. The number of fused-ring (bicyclic) bond motifs is 1. The van der Waals surface area contributed by atoms with E-state index >= 15 is 0 Å². The lowest BCUT2D eigenvalue weighted by molar-refractivity contribution is -0.113. The van der Waals surface area contributed by atoms with E-state index in [4.69, 9.17) is 8.83 Å². The topological polar surface area (TPSA) is 84.5 Å². The third-order valence-electron chi connectivity index (χ3n) is 4.13. The van der Waals surface area contributed by atoms with Crippen LogP contribution in [0.4, 0.5) is 5.69 Å². The Morgan fingerprint density at radius 2 is 1.76 bits per heavy atom. The van der Waals surface area contributed by atoms with Crippen molar-refractivity contribution < 1.29 is 18.4 Å². The second-order valence-corrected chi connectivity index (χ2v) is 6.93. The predicted molar refractivity (Wildman–Crippen MR) is 113 cm³/mol. The van der Waals surface area contributed by atoms with Crippen molar-refractivity contribution in [2.45, 2.75) is 0 Å². The minimum atomic E-state index is -0.554. The fraction of sp³-hybridized carbons (Fsp3) is 0. The standard InChI is InChI=1S/C22H15BrN2O4/c23-20-10-9-19(29-20)22(27)25-18(13-17-6-3-11-28-17)21(26)24-16-8-7-14-4-1-2-5-15(14)12-16/h1-13H,(H,24,26)(H,25,27)/b18-13-. The number of furan rings is 2. The number of halogens is 1. The Labute approximate surface area is 174 Å². The molecule has 0 saturated heterocycles. The van der Waals surface area contributed by atoms with Gasteiger partial charge in [0.05, 0.1) is 6.26 Å². The number of hydrogen-bond donors (Lipinski definition) is 2. The van der Waals surface area contributed by atoms with E-state index in [1.807, 2.05) is 36.4 Å². The van der Waals surface area contributed by atoms with E-state index in [0.29, 0.717) is 16.1 Å². The molecule has 0 aliphatic heterocycles. The molecule has 0 fully saturated rings. The van der Waals surface area contributed by atoms with Crippen LogP contribution in [-0.2, 0) is 4.79 Å². The Bertz CT molecular complexity index is 1210. The van der Waals surface area contributed by atoms with E-state index in [-0.39, 0.29) is 11.5 Å². The SMILES string of the molecule is O=C(Nc1ccc2ccccc2c1)/C(=C/c1ccco1)NC(=O)c1ccc(Br)o1. The van der Waals surface area contributed by atoms with Crippen LogP contribution in [-0.4, -0.2) is 11.8 Å². The Morgan fingerprint density at radius 1 is 0.931 bits per heavy atom. The summed E-state index contributed by atoms with van der Waals surface area (Å²) in [5.41, 5.74) is 0.625. The molecule has 0 spiro atoms. The second kappa shape index (κ2) is 8.20. The Hall–Kier alpha value is -3.58.